The van der Waals surface area contributed by atoms with E-state index < -0.39 is 15.6 Å². The molecule has 24 heavy (non-hydrogen) atoms. The Morgan fingerprint density at radius 3 is 2.79 bits per heavy atom. The van der Waals surface area contributed by atoms with E-state index in [4.69, 9.17) is 4.74 Å². The van der Waals surface area contributed by atoms with Crippen LogP contribution in [-0.4, -0.2) is 73.2 Å². The minimum atomic E-state index is -3.69. The predicted molar refractivity (Wildman–Crippen MR) is 88.2 cm³/mol. The molecule has 1 aliphatic carbocycles. The van der Waals surface area contributed by atoms with Crippen LogP contribution in [0.1, 0.15) is 31.4 Å². The first-order chi connectivity index (χ1) is 11.3. The monoisotopic (exact) mass is 358 g/mol. The molecule has 1 aromatic heterocycles. The number of morpholine rings is 1. The van der Waals surface area contributed by atoms with E-state index in [1.54, 1.807) is 17.9 Å². The van der Waals surface area contributed by atoms with E-state index in [2.05, 4.69) is 9.82 Å². The molecular formula is C15H26N4O4S. The number of aliphatic hydroxyl groups excluding tert-OH is 1. The van der Waals surface area contributed by atoms with Gasteiger partial charge in [0.1, 0.15) is 4.90 Å². The number of rotatable bonds is 6. The van der Waals surface area contributed by atoms with Crippen LogP contribution in [0.25, 0.3) is 0 Å². The number of ether oxygens (including phenoxy) is 1. The van der Waals surface area contributed by atoms with Gasteiger partial charge >= 0.3 is 0 Å². The Labute approximate surface area is 142 Å². The lowest BCUT2D eigenvalue weighted by Crippen LogP contribution is -2.65. The summed E-state index contributed by atoms with van der Waals surface area (Å²) in [6.07, 6.45) is 3.51. The third kappa shape index (κ3) is 3.23. The summed E-state index contributed by atoms with van der Waals surface area (Å²) in [5.74, 6) is 0.241. The predicted octanol–water partition coefficient (Wildman–Crippen LogP) is -0.343. The highest BCUT2D eigenvalue weighted by Gasteiger charge is 2.42. The quantitative estimate of drug-likeness (QED) is 0.722. The lowest BCUT2D eigenvalue weighted by molar-refractivity contribution is -0.104. The zero-order valence-electron chi connectivity index (χ0n) is 14.4. The van der Waals surface area contributed by atoms with Crippen LogP contribution in [0, 0.1) is 0 Å². The van der Waals surface area contributed by atoms with Crippen LogP contribution in [0.2, 0.25) is 0 Å². The second-order valence-electron chi connectivity index (χ2n) is 7.01. The first-order valence-electron chi connectivity index (χ1n) is 8.24. The van der Waals surface area contributed by atoms with E-state index in [1.165, 1.54) is 0 Å². The standard InChI is InChI=1S/C15H26N4O4S/c1-11-7-23-10-15(9-20,19(11)3)8-16-24(21,22)13-6-18(2)17-14(13)12-4-5-12/h6,11-12,16,20H,4-5,7-10H2,1-3H3/t11-,15+/m1/s1. The van der Waals surface area contributed by atoms with Gasteiger partial charge in [0.25, 0.3) is 0 Å². The Kier molecular flexibility index (Phi) is 4.73. The van der Waals surface area contributed by atoms with Gasteiger partial charge in [0.2, 0.25) is 10.0 Å². The van der Waals surface area contributed by atoms with Crippen LogP contribution in [0.4, 0.5) is 0 Å². The Bertz CT molecular complexity index is 700. The molecule has 2 fully saturated rings. The number of nitrogens with zero attached hydrogens (tertiary/aromatic N) is 3. The molecule has 0 bridgehead atoms. The second-order valence-corrected chi connectivity index (χ2v) is 8.74. The van der Waals surface area contributed by atoms with E-state index in [9.17, 15) is 13.5 Å². The van der Waals surface area contributed by atoms with Gasteiger partial charge in [-0.2, -0.15) is 5.10 Å². The van der Waals surface area contributed by atoms with Crippen molar-refractivity contribution in [1.82, 2.24) is 19.4 Å². The van der Waals surface area contributed by atoms with Crippen molar-refractivity contribution in [2.75, 3.05) is 33.4 Å². The summed E-state index contributed by atoms with van der Waals surface area (Å²) >= 11 is 0. The van der Waals surface area contributed by atoms with Crippen molar-refractivity contribution in [2.24, 2.45) is 7.05 Å². The van der Waals surface area contributed by atoms with Gasteiger partial charge in [0, 0.05) is 31.7 Å². The number of hydrogen-bond acceptors (Lipinski definition) is 6. The third-order valence-corrected chi connectivity index (χ3v) is 6.52. The average Bonchev–Trinajstić information content (AvgIpc) is 3.31. The Morgan fingerprint density at radius 1 is 1.46 bits per heavy atom. The fraction of sp³-hybridized carbons (Fsp3) is 0.800. The molecule has 8 nitrogen and oxygen atoms in total. The van der Waals surface area contributed by atoms with E-state index in [0.717, 1.165) is 12.8 Å². The second kappa shape index (κ2) is 6.38. The number of aryl methyl sites for hydroxylation is 1. The molecule has 2 heterocycles. The topological polar surface area (TPSA) is 96.7 Å². The molecule has 0 spiro atoms. The molecule has 0 amide bonds. The largest absolute Gasteiger partial charge is 0.394 e. The number of hydrogen-bond donors (Lipinski definition) is 2. The van der Waals surface area contributed by atoms with Crippen molar-refractivity contribution in [3.8, 4) is 0 Å². The summed E-state index contributed by atoms with van der Waals surface area (Å²) in [4.78, 5) is 2.23. The number of aromatic nitrogens is 2. The van der Waals surface area contributed by atoms with Crippen LogP contribution in [0.15, 0.2) is 11.1 Å². The lowest BCUT2D eigenvalue weighted by Gasteiger charge is -2.47. The van der Waals surface area contributed by atoms with Crippen LogP contribution >= 0.6 is 0 Å². The molecule has 0 aromatic carbocycles. The molecule has 136 valence electrons. The first-order valence-corrected chi connectivity index (χ1v) is 9.72. The Morgan fingerprint density at radius 2 is 2.17 bits per heavy atom. The van der Waals surface area contributed by atoms with Gasteiger partial charge in [-0.1, -0.05) is 0 Å². The number of sulfonamides is 1. The molecule has 3 rings (SSSR count). The van der Waals surface area contributed by atoms with Crippen molar-refractivity contribution in [3.63, 3.8) is 0 Å². The average molecular weight is 358 g/mol. The highest BCUT2D eigenvalue weighted by Crippen LogP contribution is 2.41. The van der Waals surface area contributed by atoms with Crippen molar-refractivity contribution in [2.45, 2.75) is 42.2 Å². The van der Waals surface area contributed by atoms with Crippen molar-refractivity contribution in [3.05, 3.63) is 11.9 Å². The van der Waals surface area contributed by atoms with Gasteiger partial charge in [-0.15, -0.1) is 0 Å². The molecule has 1 saturated carbocycles. The summed E-state index contributed by atoms with van der Waals surface area (Å²) in [6, 6.07) is 0.107. The highest BCUT2D eigenvalue weighted by molar-refractivity contribution is 7.89. The van der Waals surface area contributed by atoms with Gasteiger partial charge in [0.15, 0.2) is 0 Å². The summed E-state index contributed by atoms with van der Waals surface area (Å²) in [6.45, 7) is 2.75. The Balaban J connectivity index is 1.79. The normalized spacial score (nSPS) is 29.1. The van der Waals surface area contributed by atoms with Gasteiger partial charge < -0.3 is 9.84 Å². The number of likely N-dealkylation sites (N-methyl/N-ethyl adjacent to an activating group) is 1. The molecule has 2 aliphatic rings. The summed E-state index contributed by atoms with van der Waals surface area (Å²) in [7, 11) is -0.0772. The smallest absolute Gasteiger partial charge is 0.244 e. The van der Waals surface area contributed by atoms with Gasteiger partial charge in [-0.05, 0) is 26.8 Å². The van der Waals surface area contributed by atoms with Crippen LogP contribution in [0.3, 0.4) is 0 Å². The van der Waals surface area contributed by atoms with E-state index in [1.807, 2.05) is 18.9 Å². The fourth-order valence-electron chi connectivity index (χ4n) is 3.13. The van der Waals surface area contributed by atoms with Crippen molar-refractivity contribution < 1.29 is 18.3 Å². The number of aliphatic hydroxyl groups is 1. The minimum Gasteiger partial charge on any atom is -0.394 e. The highest BCUT2D eigenvalue weighted by atomic mass is 32.2. The molecule has 9 heteroatoms. The molecule has 0 radical (unpaired) electrons. The molecule has 1 aliphatic heterocycles. The lowest BCUT2D eigenvalue weighted by atomic mass is 9.96. The first kappa shape index (κ1) is 17.8. The molecule has 0 unspecified atom stereocenters. The summed E-state index contributed by atoms with van der Waals surface area (Å²) in [5, 5.41) is 14.2. The van der Waals surface area contributed by atoms with Crippen molar-refractivity contribution >= 4 is 10.0 Å². The van der Waals surface area contributed by atoms with Crippen molar-refractivity contribution in [1.29, 1.82) is 0 Å². The van der Waals surface area contributed by atoms with E-state index in [0.29, 0.717) is 12.3 Å². The van der Waals surface area contributed by atoms with Gasteiger partial charge in [0.05, 0.1) is 31.1 Å². The SMILES string of the molecule is C[C@@H]1COC[C@@](CO)(CNS(=O)(=O)c2cn(C)nc2C2CC2)N1C. The zero-order valence-corrected chi connectivity index (χ0v) is 15.2. The Hall–Kier alpha value is -1.00. The molecule has 1 aromatic rings. The van der Waals surface area contributed by atoms with Gasteiger partial charge in [-0.3, -0.25) is 9.58 Å². The maximum atomic E-state index is 12.8. The fourth-order valence-corrected chi connectivity index (χ4v) is 4.52. The molecule has 1 saturated heterocycles. The summed E-state index contributed by atoms with van der Waals surface area (Å²) < 4.78 is 35.3. The van der Waals surface area contributed by atoms with Crippen LogP contribution in [0.5, 0.6) is 0 Å². The minimum absolute atomic E-state index is 0.0890. The molecule has 2 atom stereocenters. The van der Waals surface area contributed by atoms with Gasteiger partial charge in [-0.25, -0.2) is 13.1 Å². The summed E-state index contributed by atoms with van der Waals surface area (Å²) in [5.41, 5.74) is -0.114. The van der Waals surface area contributed by atoms with E-state index in [-0.39, 0.29) is 36.6 Å². The zero-order chi connectivity index (χ0) is 17.5. The van der Waals surface area contributed by atoms with Crippen LogP contribution in [-0.2, 0) is 21.8 Å². The molecule has 2 N–H and O–H groups in total. The van der Waals surface area contributed by atoms with Crippen LogP contribution < -0.4 is 4.72 Å². The third-order valence-electron chi connectivity index (χ3n) is 5.10. The van der Waals surface area contributed by atoms with E-state index >= 15 is 0 Å². The molecular weight excluding hydrogens is 332 g/mol. The maximum absolute atomic E-state index is 12.8. The number of nitrogens with one attached hydrogen (secondary N) is 1. The maximum Gasteiger partial charge on any atom is 0.244 e.